The maximum absolute atomic E-state index is 12.8. The minimum absolute atomic E-state index is 0.0341. The quantitative estimate of drug-likeness (QED) is 0.663. The lowest BCUT2D eigenvalue weighted by Crippen LogP contribution is -2.24. The number of carbonyl (C=O) groups is 1. The summed E-state index contributed by atoms with van der Waals surface area (Å²) in [5, 5.41) is 3.12. The van der Waals surface area contributed by atoms with Crippen molar-refractivity contribution >= 4 is 23.8 Å². The van der Waals surface area contributed by atoms with Crippen LogP contribution in [0.4, 0.5) is 18.0 Å². The number of nitrogens with two attached hydrogens (primary N) is 1. The van der Waals surface area contributed by atoms with Crippen molar-refractivity contribution in [3.63, 3.8) is 0 Å². The molecule has 5 nitrogen and oxygen atoms in total. The molecule has 2 amide bonds. The van der Waals surface area contributed by atoms with E-state index in [-0.39, 0.29) is 10.6 Å². The van der Waals surface area contributed by atoms with Crippen molar-refractivity contribution in [1.29, 1.82) is 0 Å². The third-order valence-electron chi connectivity index (χ3n) is 1.96. The van der Waals surface area contributed by atoms with Gasteiger partial charge in [-0.3, -0.25) is 0 Å². The number of carbonyl (C=O) groups excluding carboxylic acids is 1. The van der Waals surface area contributed by atoms with E-state index in [9.17, 15) is 18.0 Å². The zero-order valence-electron chi connectivity index (χ0n) is 9.58. The summed E-state index contributed by atoms with van der Waals surface area (Å²) in [6, 6.07) is 1.06. The monoisotopic (exact) mass is 295 g/mol. The minimum atomic E-state index is -4.63. The molecule has 0 aliphatic carbocycles. The Morgan fingerprint density at radius 2 is 2.16 bits per heavy atom. The lowest BCUT2D eigenvalue weighted by atomic mass is 10.1. The molecule has 0 unspecified atom stereocenters. The van der Waals surface area contributed by atoms with E-state index in [2.05, 4.69) is 9.84 Å². The van der Waals surface area contributed by atoms with Gasteiger partial charge < -0.3 is 10.5 Å². The van der Waals surface area contributed by atoms with Crippen LogP contribution in [-0.2, 0) is 6.18 Å². The van der Waals surface area contributed by atoms with Crippen LogP contribution in [0, 0.1) is 0 Å². The Morgan fingerprint density at radius 3 is 2.63 bits per heavy atom. The van der Waals surface area contributed by atoms with Crippen molar-refractivity contribution in [1.82, 2.24) is 5.43 Å². The lowest BCUT2D eigenvalue weighted by molar-refractivity contribution is -0.138. The van der Waals surface area contributed by atoms with E-state index in [1.165, 1.54) is 6.07 Å². The highest BCUT2D eigenvalue weighted by Gasteiger charge is 2.35. The Balaban J connectivity index is 3.20. The number of ether oxygens (including phenoxy) is 1. The zero-order valence-corrected chi connectivity index (χ0v) is 10.3. The van der Waals surface area contributed by atoms with Gasteiger partial charge in [0.1, 0.15) is 5.75 Å². The number of benzene rings is 1. The first-order chi connectivity index (χ1) is 8.75. The van der Waals surface area contributed by atoms with Crippen LogP contribution in [0.1, 0.15) is 11.1 Å². The van der Waals surface area contributed by atoms with Crippen LogP contribution in [-0.4, -0.2) is 19.4 Å². The number of halogens is 4. The van der Waals surface area contributed by atoms with E-state index in [0.717, 1.165) is 19.4 Å². The number of methoxy groups -OCH3 is 1. The van der Waals surface area contributed by atoms with Gasteiger partial charge in [0.2, 0.25) is 0 Å². The Kier molecular flexibility index (Phi) is 4.60. The third-order valence-corrected chi connectivity index (χ3v) is 2.24. The SMILES string of the molecule is COc1c(Cl)cc(C=NNC(N)=O)cc1C(F)(F)F. The maximum Gasteiger partial charge on any atom is 0.420 e. The smallest absolute Gasteiger partial charge is 0.420 e. The second kappa shape index (κ2) is 5.79. The molecular weight excluding hydrogens is 287 g/mol. The molecule has 104 valence electrons. The molecule has 0 heterocycles. The predicted molar refractivity (Wildman–Crippen MR) is 63.3 cm³/mol. The molecule has 1 aromatic rings. The lowest BCUT2D eigenvalue weighted by Gasteiger charge is -2.13. The fourth-order valence-electron chi connectivity index (χ4n) is 1.28. The Bertz CT molecular complexity index is 517. The number of hydrogen-bond donors (Lipinski definition) is 2. The number of hydrogen-bond acceptors (Lipinski definition) is 3. The molecule has 0 radical (unpaired) electrons. The van der Waals surface area contributed by atoms with Gasteiger partial charge in [0.25, 0.3) is 0 Å². The summed E-state index contributed by atoms with van der Waals surface area (Å²) in [5.41, 5.74) is 5.59. The molecule has 0 saturated carbocycles. The van der Waals surface area contributed by atoms with Gasteiger partial charge in [0.05, 0.1) is 23.9 Å². The average molecular weight is 296 g/mol. The van der Waals surface area contributed by atoms with Crippen LogP contribution in [0.5, 0.6) is 5.75 Å². The van der Waals surface area contributed by atoms with E-state index in [1.807, 2.05) is 5.43 Å². The third kappa shape index (κ3) is 4.02. The molecule has 1 aromatic carbocycles. The van der Waals surface area contributed by atoms with Gasteiger partial charge in [-0.2, -0.15) is 18.3 Å². The topological polar surface area (TPSA) is 76.7 Å². The summed E-state index contributed by atoms with van der Waals surface area (Å²) in [6.07, 6.45) is -3.65. The number of alkyl halides is 3. The van der Waals surface area contributed by atoms with Crippen LogP contribution in [0.15, 0.2) is 17.2 Å². The average Bonchev–Trinajstić information content (AvgIpc) is 2.26. The summed E-state index contributed by atoms with van der Waals surface area (Å²) in [4.78, 5) is 10.4. The van der Waals surface area contributed by atoms with E-state index in [4.69, 9.17) is 17.3 Å². The van der Waals surface area contributed by atoms with Crippen LogP contribution in [0.25, 0.3) is 0 Å². The second-order valence-corrected chi connectivity index (χ2v) is 3.72. The fraction of sp³-hybridized carbons (Fsp3) is 0.200. The summed E-state index contributed by atoms with van der Waals surface area (Å²) in [5.74, 6) is -0.478. The van der Waals surface area contributed by atoms with E-state index < -0.39 is 23.5 Å². The highest BCUT2D eigenvalue weighted by atomic mass is 35.5. The molecular formula is C10H9ClF3N3O2. The van der Waals surface area contributed by atoms with Gasteiger partial charge >= 0.3 is 12.2 Å². The molecule has 19 heavy (non-hydrogen) atoms. The fourth-order valence-corrected chi connectivity index (χ4v) is 1.58. The Morgan fingerprint density at radius 1 is 1.53 bits per heavy atom. The van der Waals surface area contributed by atoms with Crippen molar-refractivity contribution in [3.05, 3.63) is 28.3 Å². The van der Waals surface area contributed by atoms with Gasteiger partial charge in [0.15, 0.2) is 0 Å². The number of amides is 2. The summed E-state index contributed by atoms with van der Waals surface area (Å²) in [6.45, 7) is 0. The molecule has 9 heteroatoms. The molecule has 1 rings (SSSR count). The van der Waals surface area contributed by atoms with Gasteiger partial charge in [-0.1, -0.05) is 11.6 Å². The number of urea groups is 1. The van der Waals surface area contributed by atoms with E-state index >= 15 is 0 Å². The van der Waals surface area contributed by atoms with Gasteiger partial charge in [0, 0.05) is 0 Å². The molecule has 0 aliphatic rings. The normalized spacial score (nSPS) is 11.6. The van der Waals surface area contributed by atoms with Crippen LogP contribution in [0.2, 0.25) is 5.02 Å². The predicted octanol–water partition coefficient (Wildman–Crippen LogP) is 2.37. The van der Waals surface area contributed by atoms with Crippen molar-refractivity contribution in [2.75, 3.05) is 7.11 Å². The number of nitrogens with zero attached hydrogens (tertiary/aromatic N) is 1. The molecule has 0 aliphatic heterocycles. The number of rotatable bonds is 3. The molecule has 0 spiro atoms. The minimum Gasteiger partial charge on any atom is -0.495 e. The second-order valence-electron chi connectivity index (χ2n) is 3.32. The van der Waals surface area contributed by atoms with Crippen LogP contribution < -0.4 is 15.9 Å². The standard InChI is InChI=1S/C10H9ClF3N3O2/c1-19-8-6(10(12,13)14)2-5(3-7(8)11)4-16-17-9(15)18/h2-4H,1H3,(H3,15,17,18). The summed E-state index contributed by atoms with van der Waals surface area (Å²) < 4.78 is 42.9. The summed E-state index contributed by atoms with van der Waals surface area (Å²) >= 11 is 5.68. The first-order valence-electron chi connectivity index (χ1n) is 4.79. The number of nitrogens with one attached hydrogen (secondary N) is 1. The van der Waals surface area contributed by atoms with E-state index in [1.54, 1.807) is 0 Å². The molecule has 0 bridgehead atoms. The van der Waals surface area contributed by atoms with Gasteiger partial charge in [-0.15, -0.1) is 0 Å². The molecule has 0 saturated heterocycles. The number of hydrazone groups is 1. The van der Waals surface area contributed by atoms with Gasteiger partial charge in [-0.05, 0) is 17.7 Å². The van der Waals surface area contributed by atoms with E-state index in [0.29, 0.717) is 0 Å². The van der Waals surface area contributed by atoms with Crippen molar-refractivity contribution in [2.45, 2.75) is 6.18 Å². The first kappa shape index (κ1) is 15.1. The van der Waals surface area contributed by atoms with Crippen molar-refractivity contribution in [3.8, 4) is 5.75 Å². The highest BCUT2D eigenvalue weighted by molar-refractivity contribution is 6.32. The van der Waals surface area contributed by atoms with Crippen molar-refractivity contribution in [2.24, 2.45) is 10.8 Å². The molecule has 0 fully saturated rings. The van der Waals surface area contributed by atoms with Crippen LogP contribution >= 0.6 is 11.6 Å². The van der Waals surface area contributed by atoms with Gasteiger partial charge in [-0.25, -0.2) is 10.2 Å². The number of primary amides is 1. The Hall–Kier alpha value is -1.96. The molecule has 3 N–H and O–H groups in total. The van der Waals surface area contributed by atoms with Crippen molar-refractivity contribution < 1.29 is 22.7 Å². The molecule has 0 atom stereocenters. The highest BCUT2D eigenvalue weighted by Crippen LogP contribution is 2.40. The van der Waals surface area contributed by atoms with Crippen LogP contribution in [0.3, 0.4) is 0 Å². The summed E-state index contributed by atoms with van der Waals surface area (Å²) in [7, 11) is 1.08. The largest absolute Gasteiger partial charge is 0.495 e. The maximum atomic E-state index is 12.8. The Labute approximate surface area is 111 Å². The zero-order chi connectivity index (χ0) is 14.6. The first-order valence-corrected chi connectivity index (χ1v) is 5.16. The molecule has 0 aromatic heterocycles.